The van der Waals surface area contributed by atoms with Crippen LogP contribution < -0.4 is 10.6 Å². The molecule has 0 aliphatic heterocycles. The van der Waals surface area contributed by atoms with Gasteiger partial charge in [0, 0.05) is 0 Å². The smallest absolute Gasteiger partial charge is 0.408 e. The molecule has 2 N–H and O–H groups in total. The first kappa shape index (κ1) is 24.5. The average molecular weight is 461 g/mol. The van der Waals surface area contributed by atoms with Gasteiger partial charge in [0.15, 0.2) is 0 Å². The number of nitrogens with one attached hydrogen (secondary N) is 2. The predicted molar refractivity (Wildman–Crippen MR) is 127 cm³/mol. The number of benzene rings is 3. The van der Waals surface area contributed by atoms with E-state index in [1.165, 1.54) is 0 Å². The summed E-state index contributed by atoms with van der Waals surface area (Å²) < 4.78 is 10.5. The molecule has 0 spiro atoms. The van der Waals surface area contributed by atoms with Crippen LogP contribution in [0, 0.1) is 0 Å². The second-order valence-electron chi connectivity index (χ2n) is 7.75. The normalized spacial score (nSPS) is 12.1. The molecule has 3 aromatic rings. The second-order valence-corrected chi connectivity index (χ2v) is 7.75. The van der Waals surface area contributed by atoms with Gasteiger partial charge in [-0.15, -0.1) is 0 Å². The Morgan fingerprint density at radius 2 is 1.21 bits per heavy atom. The van der Waals surface area contributed by atoms with E-state index in [4.69, 9.17) is 9.47 Å². The maximum atomic E-state index is 13.0. The Kier molecular flexibility index (Phi) is 9.22. The molecule has 2 amide bonds. The minimum Gasteiger partial charge on any atom is -0.461 e. The topological polar surface area (TPSA) is 93.7 Å². The Bertz CT molecular complexity index is 1000. The zero-order valence-corrected chi connectivity index (χ0v) is 19.0. The summed E-state index contributed by atoms with van der Waals surface area (Å²) in [5.74, 6) is -1.12. The lowest BCUT2D eigenvalue weighted by Crippen LogP contribution is -2.48. The van der Waals surface area contributed by atoms with Gasteiger partial charge in [-0.25, -0.2) is 4.79 Å². The van der Waals surface area contributed by atoms with Gasteiger partial charge < -0.3 is 20.1 Å². The highest BCUT2D eigenvalue weighted by atomic mass is 16.5. The van der Waals surface area contributed by atoms with E-state index in [1.807, 2.05) is 97.9 Å². The summed E-state index contributed by atoms with van der Waals surface area (Å²) in [5, 5.41) is 5.34. The number of esters is 1. The van der Waals surface area contributed by atoms with Crippen LogP contribution in [0.4, 0.5) is 4.79 Å². The maximum Gasteiger partial charge on any atom is 0.408 e. The molecular weight excluding hydrogens is 432 g/mol. The van der Waals surface area contributed by atoms with Crippen LogP contribution in [0.5, 0.6) is 0 Å². The molecule has 0 aliphatic carbocycles. The number of carbonyl (C=O) groups excluding carboxylic acids is 3. The van der Waals surface area contributed by atoms with Crippen molar-refractivity contribution in [2.24, 2.45) is 0 Å². The SMILES string of the molecule is C[C@H](NC(=O)[C@H](CC(=O)OCc1ccccc1)NC(=O)OCc1ccccc1)c1ccccc1. The molecule has 0 bridgehead atoms. The summed E-state index contributed by atoms with van der Waals surface area (Å²) in [6, 6.07) is 26.3. The highest BCUT2D eigenvalue weighted by Crippen LogP contribution is 2.12. The van der Waals surface area contributed by atoms with E-state index in [0.29, 0.717) is 0 Å². The van der Waals surface area contributed by atoms with E-state index in [0.717, 1.165) is 16.7 Å². The van der Waals surface area contributed by atoms with Crippen molar-refractivity contribution >= 4 is 18.0 Å². The molecule has 176 valence electrons. The minimum atomic E-state index is -1.15. The van der Waals surface area contributed by atoms with Crippen molar-refractivity contribution in [1.29, 1.82) is 0 Å². The summed E-state index contributed by atoms with van der Waals surface area (Å²) in [6.07, 6.45) is -1.13. The van der Waals surface area contributed by atoms with Crippen molar-refractivity contribution in [3.8, 4) is 0 Å². The number of amides is 2. The average Bonchev–Trinajstić information content (AvgIpc) is 2.87. The molecule has 0 aromatic heterocycles. The number of rotatable bonds is 10. The van der Waals surface area contributed by atoms with Gasteiger partial charge >= 0.3 is 12.1 Å². The number of hydrogen-bond acceptors (Lipinski definition) is 5. The quantitative estimate of drug-likeness (QED) is 0.440. The summed E-state index contributed by atoms with van der Waals surface area (Å²) in [6.45, 7) is 1.94. The van der Waals surface area contributed by atoms with E-state index in [1.54, 1.807) is 0 Å². The van der Waals surface area contributed by atoms with Crippen LogP contribution in [-0.2, 0) is 32.3 Å². The first-order valence-electron chi connectivity index (χ1n) is 11.0. The molecule has 0 heterocycles. The lowest BCUT2D eigenvalue weighted by Gasteiger charge is -2.21. The fourth-order valence-corrected chi connectivity index (χ4v) is 3.22. The lowest BCUT2D eigenvalue weighted by molar-refractivity contribution is -0.147. The molecule has 0 saturated heterocycles. The van der Waals surface area contributed by atoms with Gasteiger partial charge in [0.1, 0.15) is 19.3 Å². The Labute approximate surface area is 199 Å². The maximum absolute atomic E-state index is 13.0. The largest absolute Gasteiger partial charge is 0.461 e. The molecule has 2 atom stereocenters. The Hall–Kier alpha value is -4.13. The monoisotopic (exact) mass is 460 g/mol. The highest BCUT2D eigenvalue weighted by Gasteiger charge is 2.26. The van der Waals surface area contributed by atoms with E-state index in [-0.39, 0.29) is 25.7 Å². The van der Waals surface area contributed by atoms with Crippen molar-refractivity contribution in [3.05, 3.63) is 108 Å². The number of alkyl carbamates (subject to hydrolysis) is 1. The molecule has 7 heteroatoms. The van der Waals surface area contributed by atoms with Crippen molar-refractivity contribution in [2.45, 2.75) is 38.6 Å². The summed E-state index contributed by atoms with van der Waals surface area (Å²) in [5.41, 5.74) is 2.52. The third-order valence-electron chi connectivity index (χ3n) is 5.09. The van der Waals surface area contributed by atoms with Gasteiger partial charge in [0.2, 0.25) is 5.91 Å². The van der Waals surface area contributed by atoms with Crippen LogP contribution in [-0.4, -0.2) is 24.0 Å². The third-order valence-corrected chi connectivity index (χ3v) is 5.09. The minimum absolute atomic E-state index is 0.0416. The second kappa shape index (κ2) is 12.8. The Balaban J connectivity index is 1.61. The molecule has 0 fully saturated rings. The molecule has 0 aliphatic rings. The number of carbonyl (C=O) groups is 3. The van der Waals surface area contributed by atoms with Crippen LogP contribution in [0.2, 0.25) is 0 Å². The summed E-state index contributed by atoms with van der Waals surface area (Å²) in [7, 11) is 0. The van der Waals surface area contributed by atoms with E-state index < -0.39 is 24.0 Å². The number of hydrogen-bond donors (Lipinski definition) is 2. The fraction of sp³-hybridized carbons (Fsp3) is 0.222. The predicted octanol–water partition coefficient (Wildman–Crippen LogP) is 4.29. The van der Waals surface area contributed by atoms with Crippen LogP contribution >= 0.6 is 0 Å². The summed E-state index contributed by atoms with van der Waals surface area (Å²) >= 11 is 0. The van der Waals surface area contributed by atoms with Gasteiger partial charge in [0.05, 0.1) is 12.5 Å². The standard InChI is InChI=1S/C27H28N2O5/c1-20(23-15-9-4-10-16-23)28-26(31)24(17-25(30)33-18-21-11-5-2-6-12-21)29-27(32)34-19-22-13-7-3-8-14-22/h2-16,20,24H,17-19H2,1H3,(H,28,31)(H,29,32)/t20-,24-/m0/s1. The fourth-order valence-electron chi connectivity index (χ4n) is 3.22. The Morgan fingerprint density at radius 1 is 0.706 bits per heavy atom. The molecule has 0 unspecified atom stereocenters. The molecule has 7 nitrogen and oxygen atoms in total. The van der Waals surface area contributed by atoms with Crippen molar-refractivity contribution in [3.63, 3.8) is 0 Å². The highest BCUT2D eigenvalue weighted by molar-refractivity contribution is 5.89. The van der Waals surface area contributed by atoms with Crippen molar-refractivity contribution < 1.29 is 23.9 Å². The zero-order valence-electron chi connectivity index (χ0n) is 19.0. The molecule has 0 radical (unpaired) electrons. The van der Waals surface area contributed by atoms with Gasteiger partial charge in [-0.05, 0) is 23.6 Å². The van der Waals surface area contributed by atoms with E-state index in [2.05, 4.69) is 10.6 Å². The molecule has 34 heavy (non-hydrogen) atoms. The molecule has 3 rings (SSSR count). The van der Waals surface area contributed by atoms with Crippen LogP contribution in [0.25, 0.3) is 0 Å². The van der Waals surface area contributed by atoms with Gasteiger partial charge in [0.25, 0.3) is 0 Å². The van der Waals surface area contributed by atoms with Gasteiger partial charge in [-0.3, -0.25) is 9.59 Å². The van der Waals surface area contributed by atoms with Crippen LogP contribution in [0.15, 0.2) is 91.0 Å². The first-order valence-corrected chi connectivity index (χ1v) is 11.0. The lowest BCUT2D eigenvalue weighted by atomic mass is 10.1. The van der Waals surface area contributed by atoms with Gasteiger partial charge in [-0.1, -0.05) is 91.0 Å². The molecule has 3 aromatic carbocycles. The molecule has 0 saturated carbocycles. The van der Waals surface area contributed by atoms with Crippen LogP contribution in [0.1, 0.15) is 36.1 Å². The third kappa shape index (κ3) is 8.09. The van der Waals surface area contributed by atoms with Crippen molar-refractivity contribution in [1.82, 2.24) is 10.6 Å². The first-order chi connectivity index (χ1) is 16.5. The molecular formula is C27H28N2O5. The van der Waals surface area contributed by atoms with Gasteiger partial charge in [-0.2, -0.15) is 0 Å². The van der Waals surface area contributed by atoms with E-state index in [9.17, 15) is 14.4 Å². The zero-order chi connectivity index (χ0) is 24.2. The summed E-state index contributed by atoms with van der Waals surface area (Å²) in [4.78, 5) is 37.8. The van der Waals surface area contributed by atoms with Crippen LogP contribution in [0.3, 0.4) is 0 Å². The van der Waals surface area contributed by atoms with Crippen molar-refractivity contribution in [2.75, 3.05) is 0 Å². The number of ether oxygens (including phenoxy) is 2. The van der Waals surface area contributed by atoms with E-state index >= 15 is 0 Å². The Morgan fingerprint density at radius 3 is 1.76 bits per heavy atom.